The average molecular weight is 396 g/mol. The van der Waals surface area contributed by atoms with Crippen molar-refractivity contribution in [2.24, 2.45) is 11.3 Å². The zero-order chi connectivity index (χ0) is 21.1. The average Bonchev–Trinajstić information content (AvgIpc) is 2.86. The first-order chi connectivity index (χ1) is 13.6. The van der Waals surface area contributed by atoms with Gasteiger partial charge in [-0.15, -0.1) is 0 Å². The number of hydrogen-bond donors (Lipinski definition) is 2. The molecule has 2 aromatic carbocycles. The van der Waals surface area contributed by atoms with Gasteiger partial charge in [-0.1, -0.05) is 26.0 Å². The summed E-state index contributed by atoms with van der Waals surface area (Å²) in [7, 11) is 0. The SMILES string of the molecule is CC(=O)OCC(=O)[C@@]1(O)[C@H](C)C[C@H]2c3ccc4cc(O)ccc4c3C(=O)C[C@@]21C. The van der Waals surface area contributed by atoms with Gasteiger partial charge in [-0.2, -0.15) is 0 Å². The van der Waals surface area contributed by atoms with Gasteiger partial charge in [-0.05, 0) is 52.8 Å². The number of phenols is 1. The molecule has 0 amide bonds. The zero-order valence-electron chi connectivity index (χ0n) is 16.7. The fourth-order valence-corrected chi connectivity index (χ4v) is 5.57. The fourth-order valence-electron chi connectivity index (χ4n) is 5.57. The van der Waals surface area contributed by atoms with Crippen molar-refractivity contribution in [3.05, 3.63) is 41.5 Å². The van der Waals surface area contributed by atoms with E-state index in [-0.39, 0.29) is 23.9 Å². The maximum absolute atomic E-state index is 13.2. The highest BCUT2D eigenvalue weighted by Crippen LogP contribution is 2.63. The second-order valence-electron chi connectivity index (χ2n) is 8.61. The highest BCUT2D eigenvalue weighted by Gasteiger charge is 2.66. The lowest BCUT2D eigenvalue weighted by Gasteiger charge is -2.45. The Balaban J connectivity index is 1.84. The van der Waals surface area contributed by atoms with Crippen LogP contribution >= 0.6 is 0 Å². The minimum Gasteiger partial charge on any atom is -0.508 e. The van der Waals surface area contributed by atoms with Crippen LogP contribution in [-0.2, 0) is 14.3 Å². The number of hydrogen-bond acceptors (Lipinski definition) is 6. The molecule has 0 unspecified atom stereocenters. The summed E-state index contributed by atoms with van der Waals surface area (Å²) >= 11 is 0. The number of rotatable bonds is 3. The number of aromatic hydroxyl groups is 1. The van der Waals surface area contributed by atoms with Gasteiger partial charge < -0.3 is 14.9 Å². The van der Waals surface area contributed by atoms with Crippen LogP contribution in [0, 0.1) is 11.3 Å². The van der Waals surface area contributed by atoms with Gasteiger partial charge in [0.25, 0.3) is 0 Å². The third-order valence-electron chi connectivity index (χ3n) is 6.99. The van der Waals surface area contributed by atoms with Crippen molar-refractivity contribution >= 4 is 28.3 Å². The molecule has 0 saturated heterocycles. The fraction of sp³-hybridized carbons (Fsp3) is 0.435. The Kier molecular flexibility index (Phi) is 4.31. The van der Waals surface area contributed by atoms with Gasteiger partial charge in [-0.3, -0.25) is 14.4 Å². The van der Waals surface area contributed by atoms with Gasteiger partial charge in [0, 0.05) is 24.3 Å². The summed E-state index contributed by atoms with van der Waals surface area (Å²) < 4.78 is 4.86. The Bertz CT molecular complexity index is 1060. The van der Waals surface area contributed by atoms with Crippen LogP contribution in [0.25, 0.3) is 10.8 Å². The predicted molar refractivity (Wildman–Crippen MR) is 106 cm³/mol. The predicted octanol–water partition coefficient (Wildman–Crippen LogP) is 3.12. The molecule has 152 valence electrons. The van der Waals surface area contributed by atoms with Crippen LogP contribution in [0.15, 0.2) is 30.3 Å². The summed E-state index contributed by atoms with van der Waals surface area (Å²) in [5.74, 6) is -1.74. The quantitative estimate of drug-likeness (QED) is 0.773. The Morgan fingerprint density at radius 3 is 2.66 bits per heavy atom. The number of benzene rings is 2. The summed E-state index contributed by atoms with van der Waals surface area (Å²) in [5, 5.41) is 22.9. The van der Waals surface area contributed by atoms with E-state index in [4.69, 9.17) is 4.74 Å². The van der Waals surface area contributed by atoms with Gasteiger partial charge in [0.1, 0.15) is 11.4 Å². The van der Waals surface area contributed by atoms with Crippen LogP contribution in [-0.4, -0.2) is 40.0 Å². The highest BCUT2D eigenvalue weighted by atomic mass is 16.5. The van der Waals surface area contributed by atoms with Crippen LogP contribution in [0.1, 0.15) is 55.5 Å². The first kappa shape index (κ1) is 19.6. The number of carbonyl (C=O) groups excluding carboxylic acids is 3. The molecule has 2 N–H and O–H groups in total. The first-order valence-corrected chi connectivity index (χ1v) is 9.77. The lowest BCUT2D eigenvalue weighted by Crippen LogP contribution is -2.57. The molecule has 6 heteroatoms. The first-order valence-electron chi connectivity index (χ1n) is 9.77. The van der Waals surface area contributed by atoms with Crippen molar-refractivity contribution in [2.75, 3.05) is 6.61 Å². The van der Waals surface area contributed by atoms with Crippen molar-refractivity contribution in [2.45, 2.75) is 45.1 Å². The van der Waals surface area contributed by atoms with Crippen molar-refractivity contribution < 1.29 is 29.3 Å². The second-order valence-corrected chi connectivity index (χ2v) is 8.61. The van der Waals surface area contributed by atoms with E-state index in [2.05, 4.69) is 0 Å². The summed E-state index contributed by atoms with van der Waals surface area (Å²) in [4.78, 5) is 37.3. The van der Waals surface area contributed by atoms with E-state index in [0.29, 0.717) is 12.0 Å². The van der Waals surface area contributed by atoms with Gasteiger partial charge in [0.05, 0.1) is 0 Å². The van der Waals surface area contributed by atoms with Gasteiger partial charge in [0.15, 0.2) is 12.4 Å². The molecule has 0 aliphatic heterocycles. The maximum Gasteiger partial charge on any atom is 0.303 e. The maximum atomic E-state index is 13.2. The third kappa shape index (κ3) is 2.62. The molecule has 4 rings (SSSR count). The molecule has 1 saturated carbocycles. The molecule has 0 spiro atoms. The topological polar surface area (TPSA) is 101 Å². The lowest BCUT2D eigenvalue weighted by molar-refractivity contribution is -0.164. The smallest absolute Gasteiger partial charge is 0.303 e. The minimum atomic E-state index is -1.76. The summed E-state index contributed by atoms with van der Waals surface area (Å²) in [6.45, 7) is 4.30. The molecule has 2 aromatic rings. The number of carbonyl (C=O) groups is 3. The number of esters is 1. The van der Waals surface area contributed by atoms with E-state index in [1.165, 1.54) is 6.92 Å². The van der Waals surface area contributed by atoms with E-state index >= 15 is 0 Å². The third-order valence-corrected chi connectivity index (χ3v) is 6.99. The summed E-state index contributed by atoms with van der Waals surface area (Å²) in [5.41, 5.74) is -1.32. The van der Waals surface area contributed by atoms with Crippen molar-refractivity contribution in [3.8, 4) is 5.75 Å². The van der Waals surface area contributed by atoms with Crippen LogP contribution in [0.4, 0.5) is 0 Å². The van der Waals surface area contributed by atoms with Crippen LogP contribution in [0.5, 0.6) is 5.75 Å². The van der Waals surface area contributed by atoms with E-state index in [9.17, 15) is 24.6 Å². The van der Waals surface area contributed by atoms with Gasteiger partial charge >= 0.3 is 5.97 Å². The van der Waals surface area contributed by atoms with Crippen LogP contribution in [0.3, 0.4) is 0 Å². The number of fused-ring (bicyclic) bond motifs is 5. The molecule has 0 radical (unpaired) electrons. The monoisotopic (exact) mass is 396 g/mol. The minimum absolute atomic E-state index is 0.0251. The van der Waals surface area contributed by atoms with Crippen LogP contribution < -0.4 is 0 Å². The molecule has 0 bridgehead atoms. The Labute approximate surface area is 168 Å². The number of ketones is 2. The molecule has 0 aromatic heterocycles. The molecule has 4 atom stereocenters. The normalized spacial score (nSPS) is 30.7. The Morgan fingerprint density at radius 1 is 1.24 bits per heavy atom. The van der Waals surface area contributed by atoms with Crippen molar-refractivity contribution in [1.29, 1.82) is 0 Å². The summed E-state index contributed by atoms with van der Waals surface area (Å²) in [6, 6.07) is 8.63. The standard InChI is InChI=1S/C23H24O6/c1-12-8-18-17-6-4-14-9-15(25)5-7-16(14)21(17)19(26)10-22(18,3)23(12,28)20(27)11-29-13(2)24/h4-7,9,12,18,25,28H,8,10-11H2,1-3H3/t12-,18+,22+,23+/m1/s1. The van der Waals surface area contributed by atoms with E-state index in [0.717, 1.165) is 16.3 Å². The zero-order valence-corrected chi connectivity index (χ0v) is 16.7. The van der Waals surface area contributed by atoms with Gasteiger partial charge in [0.2, 0.25) is 5.78 Å². The number of Topliss-reactive ketones (excluding diaryl/α,β-unsaturated/α-hetero) is 2. The van der Waals surface area contributed by atoms with Gasteiger partial charge in [-0.25, -0.2) is 0 Å². The molecule has 0 heterocycles. The molecule has 1 fully saturated rings. The van der Waals surface area contributed by atoms with E-state index in [1.807, 2.05) is 12.1 Å². The van der Waals surface area contributed by atoms with E-state index < -0.39 is 35.3 Å². The van der Waals surface area contributed by atoms with Crippen molar-refractivity contribution in [3.63, 3.8) is 0 Å². The largest absolute Gasteiger partial charge is 0.508 e. The van der Waals surface area contributed by atoms with Crippen molar-refractivity contribution in [1.82, 2.24) is 0 Å². The molecular formula is C23H24O6. The summed E-state index contributed by atoms with van der Waals surface area (Å²) in [6.07, 6.45) is 0.569. The Morgan fingerprint density at radius 2 is 1.97 bits per heavy atom. The second kappa shape index (κ2) is 6.39. The molecular weight excluding hydrogens is 372 g/mol. The molecule has 6 nitrogen and oxygen atoms in total. The molecule has 2 aliphatic carbocycles. The van der Waals surface area contributed by atoms with E-state index in [1.54, 1.807) is 32.0 Å². The lowest BCUT2D eigenvalue weighted by atomic mass is 9.59. The Hall–Kier alpha value is -2.73. The van der Waals surface area contributed by atoms with Crippen LogP contribution in [0.2, 0.25) is 0 Å². The number of aliphatic hydroxyl groups is 1. The molecule has 2 aliphatic rings. The highest BCUT2D eigenvalue weighted by molar-refractivity contribution is 6.11. The molecule has 29 heavy (non-hydrogen) atoms. The number of ether oxygens (including phenoxy) is 1. The number of phenolic OH excluding ortho intramolecular Hbond substituents is 1.